The number of amidine groups is 1. The van der Waals surface area contributed by atoms with Crippen molar-refractivity contribution >= 4 is 17.7 Å². The van der Waals surface area contributed by atoms with Gasteiger partial charge in [0.05, 0.1) is 20.8 Å². The Kier molecular flexibility index (Phi) is 8.64. The van der Waals surface area contributed by atoms with E-state index in [1.165, 1.54) is 14.2 Å². The molecule has 0 aromatic heterocycles. The number of carbonyl (C=O) groups excluding carboxylic acids is 2. The maximum atomic E-state index is 12.0. The molecule has 0 aliphatic rings. The Morgan fingerprint density at radius 1 is 1.00 bits per heavy atom. The van der Waals surface area contributed by atoms with Crippen LogP contribution in [0.4, 0.5) is 0 Å². The summed E-state index contributed by atoms with van der Waals surface area (Å²) in [5.41, 5.74) is 7.68. The zero-order chi connectivity index (χ0) is 21.9. The van der Waals surface area contributed by atoms with E-state index in [0.29, 0.717) is 23.6 Å². The van der Waals surface area contributed by atoms with E-state index in [1.807, 2.05) is 0 Å². The number of rotatable bonds is 11. The number of benzene rings is 2. The van der Waals surface area contributed by atoms with Crippen molar-refractivity contribution in [3.63, 3.8) is 0 Å². The maximum Gasteiger partial charge on any atom is 0.343 e. The maximum absolute atomic E-state index is 12.0. The molecule has 0 atom stereocenters. The molecule has 0 radical (unpaired) electrons. The van der Waals surface area contributed by atoms with Crippen LogP contribution in [0.1, 0.15) is 16.7 Å². The molecule has 0 fully saturated rings. The predicted molar refractivity (Wildman–Crippen MR) is 109 cm³/mol. The average molecular weight is 415 g/mol. The smallest absolute Gasteiger partial charge is 0.343 e. The highest BCUT2D eigenvalue weighted by atomic mass is 16.6. The molecule has 1 amide bonds. The van der Waals surface area contributed by atoms with Gasteiger partial charge in [0.2, 0.25) is 5.91 Å². The van der Waals surface area contributed by atoms with Crippen LogP contribution in [0.5, 0.6) is 11.5 Å². The van der Waals surface area contributed by atoms with E-state index >= 15 is 0 Å². The Balaban J connectivity index is 1.80. The van der Waals surface area contributed by atoms with Crippen LogP contribution in [0.25, 0.3) is 0 Å². The first-order chi connectivity index (χ1) is 14.4. The normalized spacial score (nSPS) is 10.2. The van der Waals surface area contributed by atoms with E-state index < -0.39 is 5.97 Å². The van der Waals surface area contributed by atoms with Crippen molar-refractivity contribution in [2.24, 2.45) is 5.73 Å². The summed E-state index contributed by atoms with van der Waals surface area (Å²) in [5.74, 6) is 0.0719. The quantitative estimate of drug-likeness (QED) is 0.287. The fraction of sp³-hybridized carbons (Fsp3) is 0.286. The molecular formula is C21H25N3O6. The van der Waals surface area contributed by atoms with Crippen LogP contribution in [0.2, 0.25) is 0 Å². The van der Waals surface area contributed by atoms with E-state index in [2.05, 4.69) is 10.1 Å². The minimum Gasteiger partial charge on any atom is -0.493 e. The van der Waals surface area contributed by atoms with Gasteiger partial charge in [-0.05, 0) is 23.3 Å². The van der Waals surface area contributed by atoms with Gasteiger partial charge in [-0.1, -0.05) is 30.3 Å². The van der Waals surface area contributed by atoms with Crippen LogP contribution >= 0.6 is 0 Å². The van der Waals surface area contributed by atoms with E-state index in [4.69, 9.17) is 25.4 Å². The van der Waals surface area contributed by atoms with Crippen LogP contribution in [0.15, 0.2) is 42.5 Å². The average Bonchev–Trinajstić information content (AvgIpc) is 2.76. The van der Waals surface area contributed by atoms with Crippen molar-refractivity contribution < 1.29 is 28.5 Å². The van der Waals surface area contributed by atoms with Crippen molar-refractivity contribution in [2.75, 3.05) is 27.4 Å². The number of ether oxygens (including phenoxy) is 4. The Hall–Kier alpha value is -3.59. The molecule has 0 aliphatic heterocycles. The summed E-state index contributed by atoms with van der Waals surface area (Å²) < 4.78 is 20.6. The highest BCUT2D eigenvalue weighted by molar-refractivity contribution is 5.94. The number of hydrogen-bond donors (Lipinski definition) is 3. The van der Waals surface area contributed by atoms with Gasteiger partial charge in [0.15, 0.2) is 18.1 Å². The van der Waals surface area contributed by atoms with Crippen LogP contribution in [0.3, 0.4) is 0 Å². The molecule has 0 saturated heterocycles. The van der Waals surface area contributed by atoms with Crippen molar-refractivity contribution in [3.8, 4) is 11.5 Å². The zero-order valence-electron chi connectivity index (χ0n) is 16.9. The second-order valence-corrected chi connectivity index (χ2v) is 6.23. The Labute approximate surface area is 174 Å². The number of nitrogen functional groups attached to an aromatic ring is 1. The van der Waals surface area contributed by atoms with Crippen molar-refractivity contribution in [3.05, 3.63) is 59.2 Å². The van der Waals surface area contributed by atoms with Crippen molar-refractivity contribution in [2.45, 2.75) is 13.2 Å². The van der Waals surface area contributed by atoms with Gasteiger partial charge in [0, 0.05) is 12.1 Å². The summed E-state index contributed by atoms with van der Waals surface area (Å²) in [6, 6.07) is 12.2. The van der Waals surface area contributed by atoms with Crippen LogP contribution in [-0.4, -0.2) is 45.1 Å². The standard InChI is InChI=1S/C21H25N3O6/c1-27-17-8-5-15(9-18(17)30-13-20(26)28-2)11-29-12-19(25)24-10-14-3-6-16(7-4-14)21(22)23/h3-9H,10-13H2,1-2H3,(H3,22,23)(H,24,25). The molecule has 9 heteroatoms. The molecule has 0 saturated carbocycles. The topological polar surface area (TPSA) is 133 Å². The molecule has 4 N–H and O–H groups in total. The SMILES string of the molecule is COC(=O)COc1cc(COCC(=O)NCc2ccc(C(=N)N)cc2)ccc1OC. The minimum atomic E-state index is -0.508. The first kappa shape index (κ1) is 22.7. The molecule has 0 spiro atoms. The minimum absolute atomic E-state index is 0.00336. The molecule has 0 heterocycles. The monoisotopic (exact) mass is 415 g/mol. The summed E-state index contributed by atoms with van der Waals surface area (Å²) in [7, 11) is 2.77. The number of nitrogens with two attached hydrogens (primary N) is 1. The molecule has 30 heavy (non-hydrogen) atoms. The second kappa shape index (κ2) is 11.4. The van der Waals surface area contributed by atoms with E-state index in [0.717, 1.165) is 11.1 Å². The summed E-state index contributed by atoms with van der Waals surface area (Å²) in [6.45, 7) is 0.163. The number of amides is 1. The van der Waals surface area contributed by atoms with Gasteiger partial charge in [-0.25, -0.2) is 4.79 Å². The first-order valence-corrected chi connectivity index (χ1v) is 9.07. The molecule has 2 aromatic carbocycles. The Bertz CT molecular complexity index is 883. The third-order valence-electron chi connectivity index (χ3n) is 4.06. The fourth-order valence-electron chi connectivity index (χ4n) is 2.43. The number of nitrogens with one attached hydrogen (secondary N) is 2. The highest BCUT2D eigenvalue weighted by Gasteiger charge is 2.10. The lowest BCUT2D eigenvalue weighted by Crippen LogP contribution is -2.27. The van der Waals surface area contributed by atoms with Gasteiger partial charge in [-0.3, -0.25) is 10.2 Å². The Morgan fingerprint density at radius 2 is 1.70 bits per heavy atom. The lowest BCUT2D eigenvalue weighted by Gasteiger charge is -2.12. The predicted octanol–water partition coefficient (Wildman–Crippen LogP) is 1.36. The van der Waals surface area contributed by atoms with Crippen LogP contribution in [-0.2, 0) is 32.2 Å². The van der Waals surface area contributed by atoms with Gasteiger partial charge in [-0.15, -0.1) is 0 Å². The third kappa shape index (κ3) is 7.10. The summed E-state index contributed by atoms with van der Waals surface area (Å²) in [4.78, 5) is 23.2. The fourth-order valence-corrected chi connectivity index (χ4v) is 2.43. The van der Waals surface area contributed by atoms with Gasteiger partial charge in [0.1, 0.15) is 12.4 Å². The zero-order valence-corrected chi connectivity index (χ0v) is 16.9. The number of carbonyl (C=O) groups is 2. The van der Waals surface area contributed by atoms with Crippen molar-refractivity contribution in [1.29, 1.82) is 5.41 Å². The highest BCUT2D eigenvalue weighted by Crippen LogP contribution is 2.28. The largest absolute Gasteiger partial charge is 0.493 e. The molecule has 0 bridgehead atoms. The van der Waals surface area contributed by atoms with Gasteiger partial charge in [-0.2, -0.15) is 0 Å². The third-order valence-corrected chi connectivity index (χ3v) is 4.06. The lowest BCUT2D eigenvalue weighted by molar-refractivity contribution is -0.143. The summed E-state index contributed by atoms with van der Waals surface area (Å²) in [6.07, 6.45) is 0. The van der Waals surface area contributed by atoms with E-state index in [9.17, 15) is 9.59 Å². The molecule has 2 rings (SSSR count). The van der Waals surface area contributed by atoms with E-state index in [1.54, 1.807) is 42.5 Å². The molecule has 160 valence electrons. The molecule has 0 unspecified atom stereocenters. The van der Waals surface area contributed by atoms with Crippen LogP contribution < -0.4 is 20.5 Å². The lowest BCUT2D eigenvalue weighted by atomic mass is 10.1. The van der Waals surface area contributed by atoms with Crippen molar-refractivity contribution in [1.82, 2.24) is 5.32 Å². The Morgan fingerprint density at radius 3 is 2.33 bits per heavy atom. The van der Waals surface area contributed by atoms with Gasteiger partial charge >= 0.3 is 5.97 Å². The number of esters is 1. The number of methoxy groups -OCH3 is 2. The molecular weight excluding hydrogens is 390 g/mol. The second-order valence-electron chi connectivity index (χ2n) is 6.23. The first-order valence-electron chi connectivity index (χ1n) is 9.07. The molecule has 0 aliphatic carbocycles. The van der Waals surface area contributed by atoms with Gasteiger partial charge in [0.25, 0.3) is 0 Å². The van der Waals surface area contributed by atoms with Crippen LogP contribution in [0, 0.1) is 5.41 Å². The van der Waals surface area contributed by atoms with Gasteiger partial charge < -0.3 is 30.0 Å². The molecule has 2 aromatic rings. The summed E-state index contributed by atoms with van der Waals surface area (Å²) in [5, 5.41) is 10.1. The van der Waals surface area contributed by atoms with E-state index in [-0.39, 0.29) is 31.6 Å². The summed E-state index contributed by atoms with van der Waals surface area (Å²) >= 11 is 0. The number of hydrogen-bond acceptors (Lipinski definition) is 7. The molecule has 9 nitrogen and oxygen atoms in total.